The molecule has 0 atom stereocenters. The third kappa shape index (κ3) is 1.99. The molecule has 1 rings (SSSR count). The molecule has 0 aromatic carbocycles. The molecule has 0 spiro atoms. The molecule has 0 amide bonds. The highest BCUT2D eigenvalue weighted by atomic mass is 32.2. The zero-order valence-electron chi connectivity index (χ0n) is 6.39. The Hall–Kier alpha value is -0.0200. The molecule has 0 saturated heterocycles. The van der Waals surface area contributed by atoms with Crippen molar-refractivity contribution in [2.75, 3.05) is 0 Å². The van der Waals surface area contributed by atoms with E-state index in [0.29, 0.717) is 0 Å². The normalized spacial score (nSPS) is 23.5. The number of thiocarbonyl (C=S) groups is 1. The van der Waals surface area contributed by atoms with Gasteiger partial charge in [-0.25, -0.2) is 0 Å². The minimum Gasteiger partial charge on any atom is -0.345 e. The smallest absolute Gasteiger partial charge is 0.138 e. The van der Waals surface area contributed by atoms with Crippen LogP contribution in [-0.4, -0.2) is 9.07 Å². The second kappa shape index (κ2) is 2.55. The number of hydrogen-bond acceptors (Lipinski definition) is 2. The number of hydrogen-bond donors (Lipinski definition) is 1. The van der Waals surface area contributed by atoms with Crippen LogP contribution in [0.15, 0.2) is 11.8 Å². The number of allylic oxidation sites excluding steroid dienone is 1. The summed E-state index contributed by atoms with van der Waals surface area (Å²) < 4.78 is 1.05. The summed E-state index contributed by atoms with van der Waals surface area (Å²) in [6.07, 6.45) is 2.19. The summed E-state index contributed by atoms with van der Waals surface area (Å²) in [5.41, 5.74) is 1.16. The summed E-state index contributed by atoms with van der Waals surface area (Å²) in [5, 5.41) is 3.09. The van der Waals surface area contributed by atoms with Crippen molar-refractivity contribution in [2.24, 2.45) is 0 Å². The Morgan fingerprint density at radius 3 is 2.60 bits per heavy atom. The van der Waals surface area contributed by atoms with Crippen LogP contribution in [0.5, 0.6) is 0 Å². The standard InChI is InChI=1S/C7H11NS2/c1-5-4-7(2,3)10-6(9)8-5/h4H,1-3H3,(H,8,9). The Balaban J connectivity index is 2.83. The van der Waals surface area contributed by atoms with Crippen LogP contribution in [-0.2, 0) is 0 Å². The van der Waals surface area contributed by atoms with E-state index in [2.05, 4.69) is 25.2 Å². The van der Waals surface area contributed by atoms with Crippen molar-refractivity contribution in [1.29, 1.82) is 0 Å². The predicted molar refractivity (Wildman–Crippen MR) is 51.2 cm³/mol. The Labute approximate surface area is 71.3 Å². The van der Waals surface area contributed by atoms with Crippen molar-refractivity contribution in [1.82, 2.24) is 5.32 Å². The topological polar surface area (TPSA) is 12.0 Å². The van der Waals surface area contributed by atoms with Gasteiger partial charge in [0.15, 0.2) is 0 Å². The minimum atomic E-state index is 0.173. The highest BCUT2D eigenvalue weighted by Crippen LogP contribution is 2.30. The van der Waals surface area contributed by atoms with Crippen LogP contribution in [0.4, 0.5) is 0 Å². The molecule has 0 fully saturated rings. The number of thioether (sulfide) groups is 1. The Morgan fingerprint density at radius 2 is 2.20 bits per heavy atom. The van der Waals surface area contributed by atoms with Gasteiger partial charge in [0.1, 0.15) is 4.32 Å². The molecule has 0 saturated carbocycles. The average molecular weight is 173 g/mol. The maximum absolute atomic E-state index is 5.04. The first-order valence-corrected chi connectivity index (χ1v) is 4.41. The Bertz CT molecular complexity index is 194. The summed E-state index contributed by atoms with van der Waals surface area (Å²) in [6.45, 7) is 6.36. The van der Waals surface area contributed by atoms with Gasteiger partial charge in [-0.3, -0.25) is 0 Å². The fourth-order valence-electron chi connectivity index (χ4n) is 1.01. The monoisotopic (exact) mass is 173 g/mol. The predicted octanol–water partition coefficient (Wildman–Crippen LogP) is 2.29. The van der Waals surface area contributed by atoms with Gasteiger partial charge in [-0.2, -0.15) is 0 Å². The zero-order chi connectivity index (χ0) is 7.78. The van der Waals surface area contributed by atoms with Gasteiger partial charge in [-0.1, -0.05) is 24.0 Å². The van der Waals surface area contributed by atoms with E-state index in [1.54, 1.807) is 11.8 Å². The highest BCUT2D eigenvalue weighted by Gasteiger charge is 2.22. The van der Waals surface area contributed by atoms with E-state index in [0.717, 1.165) is 10.0 Å². The van der Waals surface area contributed by atoms with E-state index in [-0.39, 0.29) is 4.75 Å². The molecule has 0 aliphatic carbocycles. The summed E-state index contributed by atoms with van der Waals surface area (Å²) in [5.74, 6) is 0. The molecule has 1 nitrogen and oxygen atoms in total. The third-order valence-electron chi connectivity index (χ3n) is 1.22. The molecule has 0 radical (unpaired) electrons. The zero-order valence-corrected chi connectivity index (χ0v) is 8.03. The van der Waals surface area contributed by atoms with Crippen LogP contribution in [0.2, 0.25) is 0 Å². The van der Waals surface area contributed by atoms with Crippen molar-refractivity contribution in [3.63, 3.8) is 0 Å². The van der Waals surface area contributed by atoms with E-state index in [4.69, 9.17) is 12.2 Å². The summed E-state index contributed by atoms with van der Waals surface area (Å²) >= 11 is 6.73. The molecule has 1 aliphatic heterocycles. The van der Waals surface area contributed by atoms with Crippen molar-refractivity contribution in [3.8, 4) is 0 Å². The lowest BCUT2D eigenvalue weighted by Gasteiger charge is -2.26. The molecule has 10 heavy (non-hydrogen) atoms. The van der Waals surface area contributed by atoms with Gasteiger partial charge in [0.05, 0.1) is 0 Å². The van der Waals surface area contributed by atoms with E-state index < -0.39 is 0 Å². The minimum absolute atomic E-state index is 0.173. The molecule has 0 unspecified atom stereocenters. The van der Waals surface area contributed by atoms with Crippen molar-refractivity contribution in [3.05, 3.63) is 11.8 Å². The Kier molecular flexibility index (Phi) is 2.06. The second-order valence-electron chi connectivity index (χ2n) is 2.95. The van der Waals surface area contributed by atoms with Crippen molar-refractivity contribution < 1.29 is 0 Å². The lowest BCUT2D eigenvalue weighted by atomic mass is 10.2. The summed E-state index contributed by atoms with van der Waals surface area (Å²) in [7, 11) is 0. The van der Waals surface area contributed by atoms with Crippen LogP contribution in [0.3, 0.4) is 0 Å². The van der Waals surface area contributed by atoms with E-state index >= 15 is 0 Å². The van der Waals surface area contributed by atoms with Gasteiger partial charge >= 0.3 is 0 Å². The maximum atomic E-state index is 5.04. The second-order valence-corrected chi connectivity index (χ2v) is 5.28. The van der Waals surface area contributed by atoms with Gasteiger partial charge in [-0.15, -0.1) is 0 Å². The van der Waals surface area contributed by atoms with Crippen LogP contribution < -0.4 is 5.32 Å². The molecule has 0 bridgehead atoms. The molecule has 56 valence electrons. The largest absolute Gasteiger partial charge is 0.345 e. The van der Waals surface area contributed by atoms with E-state index in [1.807, 2.05) is 6.92 Å². The molecule has 0 aromatic rings. The van der Waals surface area contributed by atoms with Crippen molar-refractivity contribution in [2.45, 2.75) is 25.5 Å². The average Bonchev–Trinajstić information content (AvgIpc) is 1.54. The van der Waals surface area contributed by atoms with Gasteiger partial charge in [-0.05, 0) is 26.8 Å². The molecular formula is C7H11NS2. The van der Waals surface area contributed by atoms with Gasteiger partial charge in [0.2, 0.25) is 0 Å². The lowest BCUT2D eigenvalue weighted by molar-refractivity contribution is 0.871. The molecular weight excluding hydrogens is 162 g/mol. The Morgan fingerprint density at radius 1 is 1.60 bits per heavy atom. The van der Waals surface area contributed by atoms with Crippen LogP contribution in [0.25, 0.3) is 0 Å². The SMILES string of the molecule is CC1=CC(C)(C)SC(=S)N1. The van der Waals surface area contributed by atoms with Gasteiger partial charge < -0.3 is 5.32 Å². The fraction of sp³-hybridized carbons (Fsp3) is 0.571. The fourth-order valence-corrected chi connectivity index (χ4v) is 2.74. The van der Waals surface area contributed by atoms with E-state index in [1.165, 1.54) is 0 Å². The first kappa shape index (κ1) is 8.08. The van der Waals surface area contributed by atoms with Crippen LogP contribution in [0, 0.1) is 0 Å². The van der Waals surface area contributed by atoms with Crippen LogP contribution >= 0.6 is 24.0 Å². The summed E-state index contributed by atoms with van der Waals surface area (Å²) in [6, 6.07) is 0. The first-order chi connectivity index (χ1) is 4.49. The number of rotatable bonds is 0. The quantitative estimate of drug-likeness (QED) is 0.564. The molecule has 1 heterocycles. The van der Waals surface area contributed by atoms with Crippen LogP contribution in [0.1, 0.15) is 20.8 Å². The van der Waals surface area contributed by atoms with E-state index in [9.17, 15) is 0 Å². The highest BCUT2D eigenvalue weighted by molar-refractivity contribution is 8.24. The first-order valence-electron chi connectivity index (χ1n) is 3.19. The molecule has 1 aliphatic rings. The molecule has 3 heteroatoms. The maximum Gasteiger partial charge on any atom is 0.138 e. The molecule has 0 aromatic heterocycles. The summed E-state index contributed by atoms with van der Waals surface area (Å²) in [4.78, 5) is 0. The van der Waals surface area contributed by atoms with Crippen molar-refractivity contribution >= 4 is 28.3 Å². The van der Waals surface area contributed by atoms with Gasteiger partial charge in [0.25, 0.3) is 0 Å². The van der Waals surface area contributed by atoms with Gasteiger partial charge in [0, 0.05) is 10.4 Å². The third-order valence-corrected chi connectivity index (χ3v) is 2.50. The molecule has 1 N–H and O–H groups in total. The lowest BCUT2D eigenvalue weighted by Crippen LogP contribution is -2.29. The number of nitrogens with one attached hydrogen (secondary N) is 1.